The van der Waals surface area contributed by atoms with Crippen molar-refractivity contribution in [2.75, 3.05) is 0 Å². The zero-order valence-corrected chi connectivity index (χ0v) is 12.2. The molecule has 4 heteroatoms. The van der Waals surface area contributed by atoms with E-state index in [2.05, 4.69) is 38.8 Å². The van der Waals surface area contributed by atoms with Gasteiger partial charge in [0.25, 0.3) is 8.32 Å². The lowest BCUT2D eigenvalue weighted by Crippen LogP contribution is -2.43. The van der Waals surface area contributed by atoms with Gasteiger partial charge in [-0.15, -0.1) is 0 Å². The number of hydrogen-bond acceptors (Lipinski definition) is 2. The molecule has 3 nitrogen and oxygen atoms in total. The van der Waals surface area contributed by atoms with Gasteiger partial charge in [0.2, 0.25) is 0 Å². The second-order valence-corrected chi connectivity index (χ2v) is 10.6. The van der Waals surface area contributed by atoms with Crippen molar-refractivity contribution < 1.29 is 4.43 Å². The molecule has 0 aliphatic carbocycles. The fraction of sp³-hybridized carbons (Fsp3) is 0.462. The molecule has 0 saturated heterocycles. The van der Waals surface area contributed by atoms with E-state index in [-0.39, 0.29) is 5.04 Å². The summed E-state index contributed by atoms with van der Waals surface area (Å²) in [5.74, 6) is 0.949. The summed E-state index contributed by atoms with van der Waals surface area (Å²) in [7, 11) is -1.77. The normalized spacial score (nSPS) is 13.0. The van der Waals surface area contributed by atoms with Crippen LogP contribution in [-0.4, -0.2) is 17.7 Å². The molecule has 2 rings (SSSR count). The summed E-state index contributed by atoms with van der Waals surface area (Å²) < 4.78 is 8.33. The van der Waals surface area contributed by atoms with E-state index in [1.54, 1.807) is 6.20 Å². The van der Waals surface area contributed by atoms with Crippen LogP contribution >= 0.6 is 0 Å². The van der Waals surface area contributed by atoms with Gasteiger partial charge in [-0.25, -0.2) is 0 Å². The smallest absolute Gasteiger partial charge is 0.250 e. The Labute approximate surface area is 104 Å². The van der Waals surface area contributed by atoms with Crippen molar-refractivity contribution in [3.8, 4) is 5.75 Å². The van der Waals surface area contributed by atoms with Gasteiger partial charge in [0.15, 0.2) is 0 Å². The second kappa shape index (κ2) is 3.87. The van der Waals surface area contributed by atoms with E-state index in [0.29, 0.717) is 0 Å². The molecule has 0 aromatic carbocycles. The van der Waals surface area contributed by atoms with Crippen LogP contribution in [0.4, 0.5) is 0 Å². The molecule has 0 bridgehead atoms. The molecule has 2 aromatic heterocycles. The highest BCUT2D eigenvalue weighted by atomic mass is 28.4. The van der Waals surface area contributed by atoms with Crippen LogP contribution in [0.1, 0.15) is 20.8 Å². The third-order valence-corrected chi connectivity index (χ3v) is 7.94. The van der Waals surface area contributed by atoms with Crippen LogP contribution in [0.15, 0.2) is 30.9 Å². The lowest BCUT2D eigenvalue weighted by Gasteiger charge is -2.36. The van der Waals surface area contributed by atoms with Crippen LogP contribution in [0.2, 0.25) is 18.1 Å². The zero-order chi connectivity index (χ0) is 12.7. The van der Waals surface area contributed by atoms with Crippen LogP contribution in [0.3, 0.4) is 0 Å². The highest BCUT2D eigenvalue weighted by Gasteiger charge is 2.39. The van der Waals surface area contributed by atoms with E-state index in [1.807, 2.05) is 29.1 Å². The molecule has 0 amide bonds. The number of hydrogen-bond donors (Lipinski definition) is 0. The molecule has 0 aliphatic heterocycles. The Bertz CT molecular complexity index is 525. The first-order valence-corrected chi connectivity index (χ1v) is 8.82. The molecule has 0 unspecified atom stereocenters. The van der Waals surface area contributed by atoms with Gasteiger partial charge in [0, 0.05) is 18.6 Å². The van der Waals surface area contributed by atoms with Crippen molar-refractivity contribution in [2.45, 2.75) is 38.9 Å². The molecule has 2 aromatic rings. The Balaban J connectivity index is 2.37. The van der Waals surface area contributed by atoms with Gasteiger partial charge in [0.05, 0.1) is 6.20 Å². The number of nitrogens with zero attached hydrogens (tertiary/aromatic N) is 2. The first kappa shape index (κ1) is 12.2. The van der Waals surface area contributed by atoms with Crippen LogP contribution in [0.5, 0.6) is 5.75 Å². The van der Waals surface area contributed by atoms with Gasteiger partial charge in [-0.1, -0.05) is 20.8 Å². The summed E-state index contributed by atoms with van der Waals surface area (Å²) in [5.41, 5.74) is 1.04. The molecule has 0 aliphatic rings. The minimum atomic E-state index is -1.77. The Morgan fingerprint density at radius 1 is 1.24 bits per heavy atom. The van der Waals surface area contributed by atoms with Crippen molar-refractivity contribution in [3.63, 3.8) is 0 Å². The predicted octanol–water partition coefficient (Wildman–Crippen LogP) is 3.72. The van der Waals surface area contributed by atoms with Crippen LogP contribution in [-0.2, 0) is 0 Å². The minimum Gasteiger partial charge on any atom is -0.542 e. The Morgan fingerprint density at radius 3 is 2.59 bits per heavy atom. The zero-order valence-electron chi connectivity index (χ0n) is 11.2. The topological polar surface area (TPSA) is 26.5 Å². The minimum absolute atomic E-state index is 0.212. The molecule has 2 heterocycles. The third-order valence-electron chi connectivity index (χ3n) is 3.60. The largest absolute Gasteiger partial charge is 0.542 e. The second-order valence-electron chi connectivity index (χ2n) is 5.91. The average Bonchev–Trinajstić information content (AvgIpc) is 2.60. The van der Waals surface area contributed by atoms with E-state index >= 15 is 0 Å². The van der Waals surface area contributed by atoms with Crippen LogP contribution < -0.4 is 4.43 Å². The predicted molar refractivity (Wildman–Crippen MR) is 73.0 cm³/mol. The Kier molecular flexibility index (Phi) is 2.77. The van der Waals surface area contributed by atoms with Crippen molar-refractivity contribution >= 4 is 13.8 Å². The van der Waals surface area contributed by atoms with Crippen molar-refractivity contribution in [1.29, 1.82) is 0 Å². The summed E-state index contributed by atoms with van der Waals surface area (Å²) in [5, 5.41) is 0.212. The van der Waals surface area contributed by atoms with Gasteiger partial charge in [-0.2, -0.15) is 0 Å². The van der Waals surface area contributed by atoms with Gasteiger partial charge >= 0.3 is 0 Å². The van der Waals surface area contributed by atoms with Gasteiger partial charge in [-0.3, -0.25) is 4.98 Å². The van der Waals surface area contributed by atoms with Crippen molar-refractivity contribution in [1.82, 2.24) is 9.38 Å². The molecular weight excluding hydrogens is 228 g/mol. The standard InChI is InChI=1S/C13H20N2OSi/c1-13(2,3)17(4,5)16-12-6-8-15-9-7-14-10-11(12)15/h6-10H,1-5H3. The maximum absolute atomic E-state index is 6.30. The summed E-state index contributed by atoms with van der Waals surface area (Å²) >= 11 is 0. The molecule has 0 N–H and O–H groups in total. The lowest BCUT2D eigenvalue weighted by molar-refractivity contribution is 0.496. The van der Waals surface area contributed by atoms with Crippen LogP contribution in [0, 0.1) is 0 Å². The van der Waals surface area contributed by atoms with Crippen molar-refractivity contribution in [3.05, 3.63) is 30.9 Å². The molecule has 17 heavy (non-hydrogen) atoms. The lowest BCUT2D eigenvalue weighted by atomic mass is 10.2. The Hall–Kier alpha value is -1.29. The molecule has 0 fully saturated rings. The van der Waals surface area contributed by atoms with Crippen LogP contribution in [0.25, 0.3) is 5.52 Å². The number of fused-ring (bicyclic) bond motifs is 1. The molecule has 0 spiro atoms. The summed E-state index contributed by atoms with van der Waals surface area (Å²) in [6, 6.07) is 2.03. The number of rotatable bonds is 2. The summed E-state index contributed by atoms with van der Waals surface area (Å²) in [6.07, 6.45) is 7.58. The van der Waals surface area contributed by atoms with E-state index in [4.69, 9.17) is 4.43 Å². The first-order chi connectivity index (χ1) is 7.81. The summed E-state index contributed by atoms with van der Waals surface area (Å²) in [4.78, 5) is 4.15. The third kappa shape index (κ3) is 2.22. The molecule has 92 valence electrons. The maximum atomic E-state index is 6.30. The van der Waals surface area contributed by atoms with E-state index in [1.165, 1.54) is 0 Å². The summed E-state index contributed by atoms with van der Waals surface area (Å²) in [6.45, 7) is 11.3. The fourth-order valence-corrected chi connectivity index (χ4v) is 2.47. The molecule has 0 radical (unpaired) electrons. The first-order valence-electron chi connectivity index (χ1n) is 5.91. The maximum Gasteiger partial charge on any atom is 0.250 e. The SMILES string of the molecule is CC(C)(C)[Si](C)(C)Oc1ccn2ccncc12. The van der Waals surface area contributed by atoms with Crippen molar-refractivity contribution in [2.24, 2.45) is 0 Å². The average molecular weight is 248 g/mol. The molecular formula is C13H20N2OSi. The Morgan fingerprint density at radius 2 is 1.94 bits per heavy atom. The van der Waals surface area contributed by atoms with Gasteiger partial charge < -0.3 is 8.83 Å². The number of aromatic nitrogens is 2. The highest BCUT2D eigenvalue weighted by molar-refractivity contribution is 6.74. The molecule has 0 saturated carbocycles. The quantitative estimate of drug-likeness (QED) is 0.757. The van der Waals surface area contributed by atoms with E-state index in [0.717, 1.165) is 11.3 Å². The monoisotopic (exact) mass is 248 g/mol. The van der Waals surface area contributed by atoms with Gasteiger partial charge in [-0.05, 0) is 24.2 Å². The fourth-order valence-electron chi connectivity index (χ4n) is 1.44. The van der Waals surface area contributed by atoms with E-state index in [9.17, 15) is 0 Å². The molecule has 0 atom stereocenters. The highest BCUT2D eigenvalue weighted by Crippen LogP contribution is 2.38. The van der Waals surface area contributed by atoms with Gasteiger partial charge in [0.1, 0.15) is 11.3 Å². The van der Waals surface area contributed by atoms with E-state index < -0.39 is 8.32 Å².